The number of nitrogens with one attached hydrogen (secondary N) is 2. The number of amides is 1. The molecule has 270 valence electrons. The lowest BCUT2D eigenvalue weighted by molar-refractivity contribution is 0.0674. The van der Waals surface area contributed by atoms with E-state index in [1.165, 1.54) is 11.6 Å². The number of nitrogens with zero attached hydrogens (tertiary/aromatic N) is 8. The number of imidazole rings is 1. The number of benzene rings is 2. The average molecular weight is 707 g/mol. The van der Waals surface area contributed by atoms with Crippen LogP contribution in [0.1, 0.15) is 65.6 Å². The fraction of sp³-hybridized carbons (Fsp3) is 0.410. The summed E-state index contributed by atoms with van der Waals surface area (Å²) in [4.78, 5) is 37.5. The van der Waals surface area contributed by atoms with Crippen LogP contribution < -0.4 is 10.6 Å². The van der Waals surface area contributed by atoms with E-state index >= 15 is 4.39 Å². The summed E-state index contributed by atoms with van der Waals surface area (Å²) in [5, 5.41) is 6.50. The molecule has 0 radical (unpaired) electrons. The zero-order chi connectivity index (χ0) is 35.9. The maximum Gasteiger partial charge on any atom is 0.254 e. The number of pyridine rings is 1. The third kappa shape index (κ3) is 6.87. The number of aromatic nitrogens is 5. The van der Waals surface area contributed by atoms with E-state index in [0.29, 0.717) is 29.3 Å². The van der Waals surface area contributed by atoms with Crippen LogP contribution in [0.2, 0.25) is 0 Å². The van der Waals surface area contributed by atoms with Crippen LogP contribution in [-0.2, 0) is 19.6 Å². The second kappa shape index (κ2) is 14.3. The molecule has 0 bridgehead atoms. The predicted octanol–water partition coefficient (Wildman–Crippen LogP) is 5.83. The summed E-state index contributed by atoms with van der Waals surface area (Å²) in [7, 11) is 0. The molecular formula is C39H44F2N10O. The van der Waals surface area contributed by atoms with Crippen LogP contribution in [0.5, 0.6) is 0 Å². The molecule has 2 fully saturated rings. The third-order valence-corrected chi connectivity index (χ3v) is 10.5. The summed E-state index contributed by atoms with van der Waals surface area (Å²) in [5.41, 5.74) is 5.50. The molecule has 1 atom stereocenters. The van der Waals surface area contributed by atoms with Crippen LogP contribution >= 0.6 is 0 Å². The van der Waals surface area contributed by atoms with Gasteiger partial charge in [0, 0.05) is 81.8 Å². The Balaban J connectivity index is 0.859. The molecule has 3 aliphatic heterocycles. The van der Waals surface area contributed by atoms with Gasteiger partial charge < -0.3 is 20.1 Å². The quantitative estimate of drug-likeness (QED) is 0.196. The van der Waals surface area contributed by atoms with E-state index < -0.39 is 11.6 Å². The number of carbonyl (C=O) groups excluding carboxylic acids is 1. The summed E-state index contributed by atoms with van der Waals surface area (Å²) >= 11 is 0. The van der Waals surface area contributed by atoms with Crippen molar-refractivity contribution >= 4 is 28.7 Å². The van der Waals surface area contributed by atoms with Gasteiger partial charge in [-0.25, -0.2) is 28.7 Å². The van der Waals surface area contributed by atoms with Gasteiger partial charge in [-0.15, -0.1) is 0 Å². The van der Waals surface area contributed by atoms with Gasteiger partial charge in [-0.2, -0.15) is 0 Å². The lowest BCUT2D eigenvalue weighted by Crippen LogP contribution is -2.46. The van der Waals surface area contributed by atoms with Crippen molar-refractivity contribution in [2.75, 3.05) is 44.6 Å². The maximum absolute atomic E-state index is 15.1. The van der Waals surface area contributed by atoms with Crippen molar-refractivity contribution in [3.8, 4) is 11.3 Å². The number of hydrogen-bond donors (Lipinski definition) is 2. The van der Waals surface area contributed by atoms with Crippen molar-refractivity contribution in [3.63, 3.8) is 0 Å². The van der Waals surface area contributed by atoms with E-state index in [4.69, 9.17) is 0 Å². The SMILES string of the molecule is Cc1nc2c(F)cc(-c3nc(Nc4ccc(CN5CCN(Cc6ccc7c(c6)CN(C6CCCNC6)C7=O)CC5)cn4)ncc3F)cc2n1C(C)C. The van der Waals surface area contributed by atoms with Crippen molar-refractivity contribution in [3.05, 3.63) is 94.6 Å². The number of piperazine rings is 1. The number of aryl methyl sites for hydroxylation is 1. The summed E-state index contributed by atoms with van der Waals surface area (Å²) < 4.78 is 32.0. The second-order valence-electron chi connectivity index (χ2n) is 14.5. The molecule has 0 spiro atoms. The van der Waals surface area contributed by atoms with Gasteiger partial charge in [0.25, 0.3) is 5.91 Å². The lowest BCUT2D eigenvalue weighted by Gasteiger charge is -2.34. The van der Waals surface area contributed by atoms with Crippen molar-refractivity contribution < 1.29 is 13.6 Å². The first kappa shape index (κ1) is 34.2. The van der Waals surface area contributed by atoms with Gasteiger partial charge >= 0.3 is 0 Å². The normalized spacial score (nSPS) is 18.5. The number of hydrogen-bond acceptors (Lipinski definition) is 9. The molecule has 0 aliphatic carbocycles. The largest absolute Gasteiger partial charge is 0.330 e. The van der Waals surface area contributed by atoms with E-state index in [1.807, 2.05) is 49.7 Å². The number of carbonyl (C=O) groups is 1. The lowest BCUT2D eigenvalue weighted by atomic mass is 10.1. The number of rotatable bonds is 9. The molecule has 1 amide bonds. The van der Waals surface area contributed by atoms with E-state index in [-0.39, 0.29) is 35.1 Å². The zero-order valence-corrected chi connectivity index (χ0v) is 29.9. The van der Waals surface area contributed by atoms with Crippen LogP contribution in [0.25, 0.3) is 22.3 Å². The Morgan fingerprint density at radius 2 is 1.69 bits per heavy atom. The van der Waals surface area contributed by atoms with Gasteiger partial charge in [0.15, 0.2) is 11.6 Å². The van der Waals surface area contributed by atoms with Crippen molar-refractivity contribution in [2.24, 2.45) is 0 Å². The number of anilines is 2. The number of piperidine rings is 1. The van der Waals surface area contributed by atoms with Crippen molar-refractivity contribution in [1.82, 2.24) is 44.5 Å². The third-order valence-electron chi connectivity index (χ3n) is 10.5. The summed E-state index contributed by atoms with van der Waals surface area (Å²) in [5.74, 6) is 0.370. The fourth-order valence-corrected chi connectivity index (χ4v) is 7.90. The first-order chi connectivity index (χ1) is 25.2. The molecule has 1 unspecified atom stereocenters. The van der Waals surface area contributed by atoms with Gasteiger partial charge in [-0.05, 0) is 81.1 Å². The van der Waals surface area contributed by atoms with Crippen LogP contribution in [0.15, 0.2) is 54.9 Å². The molecule has 3 aliphatic rings. The molecular weight excluding hydrogens is 662 g/mol. The summed E-state index contributed by atoms with van der Waals surface area (Å²) in [6, 6.07) is 13.6. The highest BCUT2D eigenvalue weighted by Gasteiger charge is 2.33. The van der Waals surface area contributed by atoms with Crippen LogP contribution in [-0.4, -0.2) is 90.4 Å². The van der Waals surface area contributed by atoms with E-state index in [1.54, 1.807) is 6.07 Å². The standard InChI is InChI=1S/C39H44F2N10O/c1-24(2)51-25(3)45-37-32(40)16-28(17-34(37)51)36-33(41)20-44-39(47-36)46-35-9-7-27(18-43-35)22-49-13-11-48(12-14-49)21-26-6-8-31-29(15-26)23-50(38(31)52)30-5-4-10-42-19-30/h6-9,15-18,20,24,30,42H,4-5,10-14,19,21-23H2,1-3H3,(H,43,44,46,47). The van der Waals surface area contributed by atoms with E-state index in [2.05, 4.69) is 57.4 Å². The Morgan fingerprint density at radius 3 is 2.40 bits per heavy atom. The number of fused-ring (bicyclic) bond motifs is 2. The van der Waals surface area contributed by atoms with Gasteiger partial charge in [0.1, 0.15) is 22.9 Å². The first-order valence-corrected chi connectivity index (χ1v) is 18.2. The molecule has 13 heteroatoms. The maximum atomic E-state index is 15.1. The highest BCUT2D eigenvalue weighted by molar-refractivity contribution is 5.98. The van der Waals surface area contributed by atoms with Crippen LogP contribution in [0, 0.1) is 18.6 Å². The second-order valence-corrected chi connectivity index (χ2v) is 14.5. The number of halogens is 2. The Morgan fingerprint density at radius 1 is 0.923 bits per heavy atom. The molecule has 52 heavy (non-hydrogen) atoms. The average Bonchev–Trinajstić information content (AvgIpc) is 3.66. The first-order valence-electron chi connectivity index (χ1n) is 18.2. The minimum Gasteiger partial charge on any atom is -0.330 e. The van der Waals surface area contributed by atoms with Crippen molar-refractivity contribution in [2.45, 2.75) is 65.3 Å². The minimum absolute atomic E-state index is 0.00595. The molecule has 3 aromatic heterocycles. The predicted molar refractivity (Wildman–Crippen MR) is 196 cm³/mol. The molecule has 11 nitrogen and oxygen atoms in total. The highest BCUT2D eigenvalue weighted by atomic mass is 19.1. The minimum atomic E-state index is -0.650. The highest BCUT2D eigenvalue weighted by Crippen LogP contribution is 2.31. The fourth-order valence-electron chi connectivity index (χ4n) is 7.90. The molecule has 2 N–H and O–H groups in total. The Bertz CT molecular complexity index is 2100. The van der Waals surface area contributed by atoms with Gasteiger partial charge in [-0.3, -0.25) is 14.6 Å². The van der Waals surface area contributed by atoms with Gasteiger partial charge in [-0.1, -0.05) is 18.2 Å². The van der Waals surface area contributed by atoms with E-state index in [9.17, 15) is 9.18 Å². The Labute approximate surface area is 302 Å². The smallest absolute Gasteiger partial charge is 0.254 e. The van der Waals surface area contributed by atoms with Crippen LogP contribution in [0.4, 0.5) is 20.5 Å². The summed E-state index contributed by atoms with van der Waals surface area (Å²) in [6.07, 6.45) is 5.10. The van der Waals surface area contributed by atoms with Crippen LogP contribution in [0.3, 0.4) is 0 Å². The topological polar surface area (TPSA) is 107 Å². The Hall–Kier alpha value is -4.85. The molecule has 2 aromatic carbocycles. The zero-order valence-electron chi connectivity index (χ0n) is 29.9. The monoisotopic (exact) mass is 706 g/mol. The van der Waals surface area contributed by atoms with Crippen molar-refractivity contribution in [1.29, 1.82) is 0 Å². The van der Waals surface area contributed by atoms with Gasteiger partial charge in [0.2, 0.25) is 5.95 Å². The molecule has 0 saturated carbocycles. The van der Waals surface area contributed by atoms with E-state index in [0.717, 1.165) is 88.1 Å². The molecule has 8 rings (SSSR count). The van der Waals surface area contributed by atoms with Gasteiger partial charge in [0.05, 0.1) is 11.7 Å². The molecule has 6 heterocycles. The summed E-state index contributed by atoms with van der Waals surface area (Å²) in [6.45, 7) is 13.9. The Kier molecular flexibility index (Phi) is 9.41. The molecule has 5 aromatic rings. The molecule has 2 saturated heterocycles.